The third-order valence-electron chi connectivity index (χ3n) is 3.67. The molecule has 0 unspecified atom stereocenters. The van der Waals surface area contributed by atoms with E-state index in [4.69, 9.17) is 4.42 Å². The highest BCUT2D eigenvalue weighted by atomic mass is 79.9. The van der Waals surface area contributed by atoms with Gasteiger partial charge in [-0.15, -0.1) is 0 Å². The van der Waals surface area contributed by atoms with E-state index < -0.39 is 16.5 Å². The Kier molecular flexibility index (Phi) is 4.92. The van der Waals surface area contributed by atoms with Gasteiger partial charge in [0, 0.05) is 27.7 Å². The van der Waals surface area contributed by atoms with Crippen molar-refractivity contribution in [2.75, 3.05) is 5.32 Å². The lowest BCUT2D eigenvalue weighted by Crippen LogP contribution is -2.21. The fourth-order valence-corrected chi connectivity index (χ4v) is 3.75. The number of hydrogen-bond acceptors (Lipinski definition) is 5. The fraction of sp³-hybridized carbons (Fsp3) is 0.0588. The Labute approximate surface area is 163 Å². The van der Waals surface area contributed by atoms with Crippen LogP contribution in [0.1, 0.15) is 15.9 Å². The number of anilines is 1. The summed E-state index contributed by atoms with van der Waals surface area (Å²) in [5.74, 6) is -0.659. The molecular weight excluding hydrogens is 472 g/mol. The Morgan fingerprint density at radius 3 is 2.58 bits per heavy atom. The number of hydrogen-bond donors (Lipinski definition) is 1. The molecule has 1 N–H and O–H groups in total. The molecule has 1 heterocycles. The van der Waals surface area contributed by atoms with Crippen LogP contribution in [-0.4, -0.2) is 10.8 Å². The number of benzene rings is 2. The summed E-state index contributed by atoms with van der Waals surface area (Å²) in [5, 5.41) is 13.9. The van der Waals surface area contributed by atoms with Gasteiger partial charge in [-0.05, 0) is 52.7 Å². The molecule has 132 valence electrons. The maximum Gasteiger partial charge on any atom is 0.349 e. The predicted octanol–water partition coefficient (Wildman–Crippen LogP) is 4.79. The van der Waals surface area contributed by atoms with E-state index in [0.29, 0.717) is 26.7 Å². The fourth-order valence-electron chi connectivity index (χ4n) is 2.41. The molecule has 0 aliphatic rings. The van der Waals surface area contributed by atoms with Crippen molar-refractivity contribution in [1.29, 1.82) is 0 Å². The van der Waals surface area contributed by atoms with Crippen LogP contribution < -0.4 is 10.9 Å². The zero-order chi connectivity index (χ0) is 19.0. The van der Waals surface area contributed by atoms with E-state index in [1.807, 2.05) is 0 Å². The second kappa shape index (κ2) is 7.00. The normalized spacial score (nSPS) is 10.7. The number of nitro groups is 1. The summed E-state index contributed by atoms with van der Waals surface area (Å²) in [4.78, 5) is 34.9. The first-order chi connectivity index (χ1) is 12.3. The maximum atomic E-state index is 12.5. The van der Waals surface area contributed by atoms with Gasteiger partial charge in [0.15, 0.2) is 5.58 Å². The number of fused-ring (bicyclic) bond motifs is 1. The van der Waals surface area contributed by atoms with Crippen LogP contribution in [0, 0.1) is 17.0 Å². The van der Waals surface area contributed by atoms with Crippen molar-refractivity contribution in [3.63, 3.8) is 0 Å². The van der Waals surface area contributed by atoms with Gasteiger partial charge in [0.25, 0.3) is 11.6 Å². The number of aryl methyl sites for hydroxylation is 1. The molecule has 0 atom stereocenters. The average Bonchev–Trinajstić information content (AvgIpc) is 2.56. The third-order valence-corrected chi connectivity index (χ3v) is 4.71. The van der Waals surface area contributed by atoms with Gasteiger partial charge in [-0.2, -0.15) is 0 Å². The molecule has 2 aromatic carbocycles. The van der Waals surface area contributed by atoms with Crippen molar-refractivity contribution in [3.05, 3.63) is 77.0 Å². The molecule has 0 radical (unpaired) electrons. The predicted molar refractivity (Wildman–Crippen MR) is 104 cm³/mol. The van der Waals surface area contributed by atoms with Gasteiger partial charge < -0.3 is 9.73 Å². The van der Waals surface area contributed by atoms with E-state index in [1.165, 1.54) is 24.3 Å². The van der Waals surface area contributed by atoms with E-state index >= 15 is 0 Å². The molecule has 7 nitrogen and oxygen atoms in total. The lowest BCUT2D eigenvalue weighted by molar-refractivity contribution is -0.384. The standard InChI is InChI=1S/C17H10Br2N2O5/c1-8-4-11(21(24)25)2-3-14(8)20-16(22)12-6-9-5-10(18)7-13(19)15(9)26-17(12)23/h2-7H,1H3,(H,20,22). The number of rotatable bonds is 3. The Morgan fingerprint density at radius 1 is 1.19 bits per heavy atom. The van der Waals surface area contributed by atoms with Crippen molar-refractivity contribution in [3.8, 4) is 0 Å². The first kappa shape index (κ1) is 18.3. The van der Waals surface area contributed by atoms with Crippen molar-refractivity contribution >= 4 is 60.1 Å². The minimum absolute atomic E-state index is 0.0829. The molecule has 3 aromatic rings. The largest absolute Gasteiger partial charge is 0.421 e. The van der Waals surface area contributed by atoms with Crippen molar-refractivity contribution in [2.45, 2.75) is 6.92 Å². The van der Waals surface area contributed by atoms with E-state index in [2.05, 4.69) is 37.2 Å². The van der Waals surface area contributed by atoms with E-state index in [0.717, 1.165) is 4.47 Å². The Hall–Kier alpha value is -2.52. The molecule has 0 spiro atoms. The van der Waals surface area contributed by atoms with E-state index in [9.17, 15) is 19.7 Å². The quantitative estimate of drug-likeness (QED) is 0.329. The van der Waals surface area contributed by atoms with Crippen LogP contribution in [0.2, 0.25) is 0 Å². The molecule has 0 saturated heterocycles. The summed E-state index contributed by atoms with van der Waals surface area (Å²) in [7, 11) is 0. The molecule has 0 saturated carbocycles. The second-order valence-electron chi connectivity index (χ2n) is 5.46. The van der Waals surface area contributed by atoms with Crippen LogP contribution in [0.4, 0.5) is 11.4 Å². The maximum absolute atomic E-state index is 12.5. The summed E-state index contributed by atoms with van der Waals surface area (Å²) >= 11 is 6.65. The Morgan fingerprint density at radius 2 is 1.92 bits per heavy atom. The first-order valence-corrected chi connectivity index (χ1v) is 8.84. The topological polar surface area (TPSA) is 102 Å². The minimum Gasteiger partial charge on any atom is -0.421 e. The van der Waals surface area contributed by atoms with Gasteiger partial charge in [0.1, 0.15) is 5.56 Å². The van der Waals surface area contributed by atoms with Crippen LogP contribution in [0.15, 0.2) is 54.6 Å². The van der Waals surface area contributed by atoms with Crippen LogP contribution in [0.5, 0.6) is 0 Å². The number of non-ortho nitro benzene ring substituents is 1. The summed E-state index contributed by atoms with van der Waals surface area (Å²) < 4.78 is 6.58. The van der Waals surface area contributed by atoms with E-state index in [1.54, 1.807) is 19.1 Å². The van der Waals surface area contributed by atoms with Gasteiger partial charge in [-0.3, -0.25) is 14.9 Å². The molecule has 0 bridgehead atoms. The zero-order valence-electron chi connectivity index (χ0n) is 13.2. The summed E-state index contributed by atoms with van der Waals surface area (Å²) in [6, 6.07) is 8.92. The van der Waals surface area contributed by atoms with Crippen molar-refractivity contribution in [1.82, 2.24) is 0 Å². The second-order valence-corrected chi connectivity index (χ2v) is 7.23. The average molecular weight is 482 g/mol. The molecule has 9 heteroatoms. The first-order valence-electron chi connectivity index (χ1n) is 7.25. The molecule has 1 aromatic heterocycles. The minimum atomic E-state index is -0.780. The Balaban J connectivity index is 1.99. The molecule has 3 rings (SSSR count). The molecular formula is C17H10Br2N2O5. The zero-order valence-corrected chi connectivity index (χ0v) is 16.4. The summed E-state index contributed by atoms with van der Waals surface area (Å²) in [6.45, 7) is 1.62. The smallest absolute Gasteiger partial charge is 0.349 e. The SMILES string of the molecule is Cc1cc([N+](=O)[O-])ccc1NC(=O)c1cc2cc(Br)cc(Br)c2oc1=O. The highest BCUT2D eigenvalue weighted by Gasteiger charge is 2.17. The number of carbonyl (C=O) groups excluding carboxylic acids is 1. The van der Waals surface area contributed by atoms with Gasteiger partial charge >= 0.3 is 5.63 Å². The third kappa shape index (κ3) is 3.54. The van der Waals surface area contributed by atoms with Gasteiger partial charge in [-0.1, -0.05) is 15.9 Å². The highest BCUT2D eigenvalue weighted by Crippen LogP contribution is 2.28. The number of nitrogens with zero attached hydrogens (tertiary/aromatic N) is 1. The van der Waals surface area contributed by atoms with Gasteiger partial charge in [-0.25, -0.2) is 4.79 Å². The molecule has 0 aliphatic heterocycles. The van der Waals surface area contributed by atoms with Gasteiger partial charge in [0.2, 0.25) is 0 Å². The van der Waals surface area contributed by atoms with Crippen LogP contribution >= 0.6 is 31.9 Å². The van der Waals surface area contributed by atoms with E-state index in [-0.39, 0.29) is 11.3 Å². The monoisotopic (exact) mass is 480 g/mol. The number of carbonyl (C=O) groups is 1. The molecule has 0 fully saturated rings. The molecule has 0 aliphatic carbocycles. The lowest BCUT2D eigenvalue weighted by Gasteiger charge is -2.08. The van der Waals surface area contributed by atoms with Crippen LogP contribution in [0.25, 0.3) is 11.0 Å². The van der Waals surface area contributed by atoms with Crippen LogP contribution in [-0.2, 0) is 0 Å². The number of nitrogens with one attached hydrogen (secondary N) is 1. The summed E-state index contributed by atoms with van der Waals surface area (Å²) in [6.07, 6.45) is 0. The Bertz CT molecular complexity index is 1120. The number of halogens is 2. The summed E-state index contributed by atoms with van der Waals surface area (Å²) in [5.41, 5.74) is 0.179. The molecule has 1 amide bonds. The van der Waals surface area contributed by atoms with Crippen LogP contribution in [0.3, 0.4) is 0 Å². The van der Waals surface area contributed by atoms with Gasteiger partial charge in [0.05, 0.1) is 9.40 Å². The number of amides is 1. The van der Waals surface area contributed by atoms with Crippen molar-refractivity contribution in [2.24, 2.45) is 0 Å². The molecule has 26 heavy (non-hydrogen) atoms. The lowest BCUT2D eigenvalue weighted by atomic mass is 10.1. The highest BCUT2D eigenvalue weighted by molar-refractivity contribution is 9.11. The number of nitro benzene ring substituents is 1. The van der Waals surface area contributed by atoms with Crippen molar-refractivity contribution < 1.29 is 14.1 Å².